The quantitative estimate of drug-likeness (QED) is 0.276. The van der Waals surface area contributed by atoms with Gasteiger partial charge in [-0.05, 0) is 93.8 Å². The molecule has 1 amide bonds. The average Bonchev–Trinajstić information content (AvgIpc) is 3.30. The number of piperidine rings is 1. The summed E-state index contributed by atoms with van der Waals surface area (Å²) < 4.78 is 11.8. The molecule has 1 fully saturated rings. The number of nitrogens with one attached hydrogen (secondary N) is 1. The summed E-state index contributed by atoms with van der Waals surface area (Å²) in [7, 11) is 0. The molecule has 0 spiro atoms. The van der Waals surface area contributed by atoms with Crippen LogP contribution in [0.1, 0.15) is 44.5 Å². The lowest BCUT2D eigenvalue weighted by molar-refractivity contribution is -0.134. The van der Waals surface area contributed by atoms with E-state index in [-0.39, 0.29) is 18.6 Å². The largest absolute Gasteiger partial charge is 0.491 e. The van der Waals surface area contributed by atoms with Gasteiger partial charge < -0.3 is 19.4 Å². The van der Waals surface area contributed by atoms with Crippen molar-refractivity contribution in [3.05, 3.63) is 78.1 Å². The summed E-state index contributed by atoms with van der Waals surface area (Å²) in [6.45, 7) is 7.68. The lowest BCUT2D eigenvalue weighted by Gasteiger charge is -2.32. The number of ether oxygens (including phenoxy) is 2. The van der Waals surface area contributed by atoms with Crippen LogP contribution in [0.15, 0.2) is 66.7 Å². The minimum absolute atomic E-state index is 0.0535. The summed E-state index contributed by atoms with van der Waals surface area (Å²) in [5, 5.41) is 0. The lowest BCUT2D eigenvalue weighted by atomic mass is 9.90. The van der Waals surface area contributed by atoms with Crippen molar-refractivity contribution >= 4 is 16.9 Å². The van der Waals surface area contributed by atoms with Gasteiger partial charge >= 0.3 is 0 Å². The van der Waals surface area contributed by atoms with E-state index in [2.05, 4.69) is 40.3 Å². The summed E-state index contributed by atoms with van der Waals surface area (Å²) in [6.07, 6.45) is 4.48. The molecule has 0 atom stereocenters. The van der Waals surface area contributed by atoms with E-state index in [0.717, 1.165) is 78.3 Å². The van der Waals surface area contributed by atoms with Crippen molar-refractivity contribution in [2.24, 2.45) is 5.92 Å². The number of fused-ring (bicyclic) bond motifs is 1. The number of benzene rings is 3. The standard InChI is InChI=1S/C32H37N3O3/c1-22(2)38-27-13-10-24(11-14-27)8-9-25-16-18-35(19-17-25)32(36)21-37-31-7-5-4-6-28(31)26-12-15-29-30(20-26)34-23(3)33-29/h4-7,10-15,20,22,25H,8-9,16-19,21H2,1-3H3,(H,33,34). The van der Waals surface area contributed by atoms with Crippen molar-refractivity contribution in [1.29, 1.82) is 0 Å². The van der Waals surface area contributed by atoms with E-state index >= 15 is 0 Å². The molecular formula is C32H37N3O3. The third kappa shape index (κ3) is 6.36. The number of hydrogen-bond donors (Lipinski definition) is 1. The fourth-order valence-electron chi connectivity index (χ4n) is 5.22. The van der Waals surface area contributed by atoms with E-state index in [1.165, 1.54) is 5.56 Å². The molecule has 1 aliphatic rings. The van der Waals surface area contributed by atoms with Crippen LogP contribution >= 0.6 is 0 Å². The number of aromatic nitrogens is 2. The Kier molecular flexibility index (Phi) is 7.97. The highest BCUT2D eigenvalue weighted by atomic mass is 16.5. The molecule has 0 bridgehead atoms. The molecule has 6 nitrogen and oxygen atoms in total. The first-order valence-electron chi connectivity index (χ1n) is 13.7. The van der Waals surface area contributed by atoms with Crippen LogP contribution in [-0.2, 0) is 11.2 Å². The molecular weight excluding hydrogens is 474 g/mol. The van der Waals surface area contributed by atoms with Gasteiger partial charge in [-0.15, -0.1) is 0 Å². The number of aryl methyl sites for hydroxylation is 2. The summed E-state index contributed by atoms with van der Waals surface area (Å²) in [4.78, 5) is 22.7. The fraction of sp³-hybridized carbons (Fsp3) is 0.375. The van der Waals surface area contributed by atoms with Gasteiger partial charge in [-0.1, -0.05) is 36.4 Å². The van der Waals surface area contributed by atoms with Crippen molar-refractivity contribution in [3.63, 3.8) is 0 Å². The number of amides is 1. The predicted molar refractivity (Wildman–Crippen MR) is 152 cm³/mol. The number of aromatic amines is 1. The normalized spacial score (nSPS) is 14.3. The molecule has 6 heteroatoms. The van der Waals surface area contributed by atoms with Crippen LogP contribution in [0.25, 0.3) is 22.2 Å². The molecule has 38 heavy (non-hydrogen) atoms. The van der Waals surface area contributed by atoms with Gasteiger partial charge in [0.25, 0.3) is 5.91 Å². The molecule has 4 aromatic rings. The number of carbonyl (C=O) groups is 1. The van der Waals surface area contributed by atoms with Crippen molar-refractivity contribution in [1.82, 2.24) is 14.9 Å². The van der Waals surface area contributed by atoms with Crippen LogP contribution < -0.4 is 9.47 Å². The van der Waals surface area contributed by atoms with E-state index in [9.17, 15) is 4.79 Å². The van der Waals surface area contributed by atoms with Gasteiger partial charge in [-0.3, -0.25) is 4.79 Å². The van der Waals surface area contributed by atoms with Gasteiger partial charge in [0.2, 0.25) is 0 Å². The Balaban J connectivity index is 1.11. The number of hydrogen-bond acceptors (Lipinski definition) is 4. The molecule has 198 valence electrons. The zero-order valence-corrected chi connectivity index (χ0v) is 22.6. The molecule has 0 radical (unpaired) electrons. The van der Waals surface area contributed by atoms with Crippen LogP contribution in [0.5, 0.6) is 11.5 Å². The zero-order valence-electron chi connectivity index (χ0n) is 22.6. The number of likely N-dealkylation sites (tertiary alicyclic amines) is 1. The third-order valence-corrected chi connectivity index (χ3v) is 7.25. The van der Waals surface area contributed by atoms with E-state index in [1.54, 1.807) is 0 Å². The van der Waals surface area contributed by atoms with Gasteiger partial charge in [0.05, 0.1) is 17.1 Å². The van der Waals surface area contributed by atoms with Crippen LogP contribution in [0, 0.1) is 12.8 Å². The Hall–Kier alpha value is -3.80. The maximum Gasteiger partial charge on any atom is 0.260 e. The number of rotatable bonds is 9. The number of para-hydroxylation sites is 1. The van der Waals surface area contributed by atoms with E-state index < -0.39 is 0 Å². The molecule has 1 saturated heterocycles. The summed E-state index contributed by atoms with van der Waals surface area (Å²) >= 11 is 0. The smallest absolute Gasteiger partial charge is 0.260 e. The van der Waals surface area contributed by atoms with E-state index in [1.807, 2.05) is 62.1 Å². The summed E-state index contributed by atoms with van der Waals surface area (Å²) in [5.41, 5.74) is 5.28. The highest BCUT2D eigenvalue weighted by molar-refractivity contribution is 5.84. The van der Waals surface area contributed by atoms with Crippen molar-refractivity contribution in [3.8, 4) is 22.6 Å². The van der Waals surface area contributed by atoms with Crippen molar-refractivity contribution in [2.45, 2.75) is 52.6 Å². The van der Waals surface area contributed by atoms with Crippen molar-refractivity contribution < 1.29 is 14.3 Å². The number of nitrogens with zero attached hydrogens (tertiary/aromatic N) is 2. The second-order valence-electron chi connectivity index (χ2n) is 10.5. The van der Waals surface area contributed by atoms with Crippen LogP contribution in [0.2, 0.25) is 0 Å². The second-order valence-corrected chi connectivity index (χ2v) is 10.5. The molecule has 1 N–H and O–H groups in total. The maximum absolute atomic E-state index is 13.0. The predicted octanol–water partition coefficient (Wildman–Crippen LogP) is 6.58. The third-order valence-electron chi connectivity index (χ3n) is 7.25. The molecule has 0 aliphatic carbocycles. The Morgan fingerprint density at radius 1 is 1.05 bits per heavy atom. The SMILES string of the molecule is Cc1nc2ccc(-c3ccccc3OCC(=O)N3CCC(CCc4ccc(OC(C)C)cc4)CC3)cc2[nH]1. The fourth-order valence-corrected chi connectivity index (χ4v) is 5.22. The lowest BCUT2D eigenvalue weighted by Crippen LogP contribution is -2.41. The van der Waals surface area contributed by atoms with Crippen LogP contribution in [0.3, 0.4) is 0 Å². The topological polar surface area (TPSA) is 67.4 Å². The first-order chi connectivity index (χ1) is 18.4. The summed E-state index contributed by atoms with van der Waals surface area (Å²) in [5.74, 6) is 3.24. The molecule has 1 aromatic heterocycles. The highest BCUT2D eigenvalue weighted by Crippen LogP contribution is 2.32. The van der Waals surface area contributed by atoms with Crippen LogP contribution in [0.4, 0.5) is 0 Å². The second kappa shape index (κ2) is 11.7. The van der Waals surface area contributed by atoms with E-state index in [4.69, 9.17) is 9.47 Å². The maximum atomic E-state index is 13.0. The first kappa shape index (κ1) is 25.8. The van der Waals surface area contributed by atoms with E-state index in [0.29, 0.717) is 5.92 Å². The van der Waals surface area contributed by atoms with Gasteiger partial charge in [0, 0.05) is 18.7 Å². The minimum Gasteiger partial charge on any atom is -0.491 e. The van der Waals surface area contributed by atoms with Crippen molar-refractivity contribution in [2.75, 3.05) is 19.7 Å². The molecule has 3 aromatic carbocycles. The minimum atomic E-state index is 0.0535. The molecule has 5 rings (SSSR count). The average molecular weight is 512 g/mol. The zero-order chi connectivity index (χ0) is 26.5. The summed E-state index contributed by atoms with van der Waals surface area (Å²) in [6, 6.07) is 22.5. The number of carbonyl (C=O) groups excluding carboxylic acids is 1. The Morgan fingerprint density at radius 2 is 1.82 bits per heavy atom. The monoisotopic (exact) mass is 511 g/mol. The molecule has 2 heterocycles. The van der Waals surface area contributed by atoms with Gasteiger partial charge in [0.15, 0.2) is 6.61 Å². The molecule has 0 unspecified atom stereocenters. The molecule has 0 saturated carbocycles. The van der Waals surface area contributed by atoms with Gasteiger partial charge in [-0.2, -0.15) is 0 Å². The number of H-pyrrole nitrogens is 1. The first-order valence-corrected chi connectivity index (χ1v) is 13.7. The highest BCUT2D eigenvalue weighted by Gasteiger charge is 2.23. The van der Waals surface area contributed by atoms with Crippen LogP contribution in [-0.4, -0.2) is 46.6 Å². The Bertz CT molecular complexity index is 1370. The Labute approximate surface area is 225 Å². The Morgan fingerprint density at radius 3 is 2.58 bits per heavy atom. The van der Waals surface area contributed by atoms with Gasteiger partial charge in [0.1, 0.15) is 17.3 Å². The number of imidazole rings is 1. The van der Waals surface area contributed by atoms with Gasteiger partial charge in [-0.25, -0.2) is 4.98 Å². The molecule has 1 aliphatic heterocycles.